The number of benzene rings is 1. The zero-order valence-electron chi connectivity index (χ0n) is 8.90. The van der Waals surface area contributed by atoms with Gasteiger partial charge < -0.3 is 5.11 Å². The Hall–Kier alpha value is -1.06. The van der Waals surface area contributed by atoms with Gasteiger partial charge in [0, 0.05) is 18.1 Å². The first-order valence-corrected chi connectivity index (χ1v) is 5.72. The molecule has 0 saturated carbocycles. The van der Waals surface area contributed by atoms with Crippen LogP contribution in [0.15, 0.2) is 24.3 Å². The number of rotatable bonds is 3. The molecule has 0 unspecified atom stereocenters. The van der Waals surface area contributed by atoms with Crippen molar-refractivity contribution < 1.29 is 9.90 Å². The van der Waals surface area contributed by atoms with Gasteiger partial charge in [-0.3, -0.25) is 9.69 Å². The average molecular weight is 240 g/mol. The number of hydrogen-bond acceptors (Lipinski definition) is 2. The van der Waals surface area contributed by atoms with E-state index in [1.165, 1.54) is 0 Å². The first-order valence-electron chi connectivity index (χ1n) is 5.35. The summed E-state index contributed by atoms with van der Waals surface area (Å²) in [4.78, 5) is 13.0. The predicted molar refractivity (Wildman–Crippen MR) is 62.5 cm³/mol. The Bertz CT molecular complexity index is 394. The van der Waals surface area contributed by atoms with E-state index in [-0.39, 0.29) is 5.92 Å². The van der Waals surface area contributed by atoms with Gasteiger partial charge in [0.25, 0.3) is 0 Å². The Labute approximate surface area is 99.6 Å². The second-order valence-electron chi connectivity index (χ2n) is 4.19. The average Bonchev–Trinajstić information content (AvgIpc) is 2.66. The zero-order valence-corrected chi connectivity index (χ0v) is 9.65. The molecule has 86 valence electrons. The second kappa shape index (κ2) is 4.85. The van der Waals surface area contributed by atoms with Crippen molar-refractivity contribution in [3.8, 4) is 0 Å². The van der Waals surface area contributed by atoms with E-state index in [2.05, 4.69) is 4.90 Å². The smallest absolute Gasteiger partial charge is 0.307 e. The van der Waals surface area contributed by atoms with Gasteiger partial charge in [-0.05, 0) is 30.7 Å². The van der Waals surface area contributed by atoms with Crippen LogP contribution in [0.1, 0.15) is 12.0 Å². The number of halogens is 1. The van der Waals surface area contributed by atoms with Crippen molar-refractivity contribution in [1.82, 2.24) is 4.90 Å². The van der Waals surface area contributed by atoms with Crippen LogP contribution in [0, 0.1) is 5.92 Å². The molecule has 1 aromatic rings. The molecule has 1 aliphatic rings. The Morgan fingerprint density at radius 3 is 3.00 bits per heavy atom. The Morgan fingerprint density at radius 1 is 1.56 bits per heavy atom. The van der Waals surface area contributed by atoms with Crippen LogP contribution in [0.25, 0.3) is 0 Å². The number of nitrogens with zero attached hydrogens (tertiary/aromatic N) is 1. The highest BCUT2D eigenvalue weighted by molar-refractivity contribution is 6.30. The number of likely N-dealkylation sites (tertiary alicyclic amines) is 1. The molecule has 0 radical (unpaired) electrons. The van der Waals surface area contributed by atoms with E-state index in [9.17, 15) is 4.79 Å². The lowest BCUT2D eigenvalue weighted by atomic mass is 10.1. The van der Waals surface area contributed by atoms with Gasteiger partial charge in [-0.1, -0.05) is 23.7 Å². The second-order valence-corrected chi connectivity index (χ2v) is 4.63. The van der Waals surface area contributed by atoms with Crippen LogP contribution < -0.4 is 0 Å². The van der Waals surface area contributed by atoms with Gasteiger partial charge in [0.15, 0.2) is 0 Å². The first-order chi connectivity index (χ1) is 7.65. The molecule has 0 bridgehead atoms. The van der Waals surface area contributed by atoms with Crippen molar-refractivity contribution in [3.05, 3.63) is 34.9 Å². The molecule has 0 amide bonds. The Morgan fingerprint density at radius 2 is 2.38 bits per heavy atom. The molecule has 1 aromatic carbocycles. The third-order valence-electron chi connectivity index (χ3n) is 2.92. The molecule has 16 heavy (non-hydrogen) atoms. The summed E-state index contributed by atoms with van der Waals surface area (Å²) >= 11 is 5.90. The minimum absolute atomic E-state index is 0.209. The maximum atomic E-state index is 10.8. The number of carbonyl (C=O) groups is 1. The molecule has 0 spiro atoms. The normalized spacial score (nSPS) is 21.2. The highest BCUT2D eigenvalue weighted by atomic mass is 35.5. The van der Waals surface area contributed by atoms with E-state index < -0.39 is 5.97 Å². The standard InChI is InChI=1S/C12H14ClNO2/c13-11-3-1-2-9(6-11)7-14-5-4-10(8-14)12(15)16/h1-3,6,10H,4-5,7-8H2,(H,15,16)/t10-/m1/s1. The fraction of sp³-hybridized carbons (Fsp3) is 0.417. The molecule has 1 aliphatic heterocycles. The van der Waals surface area contributed by atoms with Crippen molar-refractivity contribution in [2.75, 3.05) is 13.1 Å². The van der Waals surface area contributed by atoms with Crippen molar-refractivity contribution in [1.29, 1.82) is 0 Å². The lowest BCUT2D eigenvalue weighted by molar-refractivity contribution is -0.141. The molecular formula is C12H14ClNO2. The van der Waals surface area contributed by atoms with Crippen molar-refractivity contribution in [3.63, 3.8) is 0 Å². The van der Waals surface area contributed by atoms with Crippen LogP contribution in [0.5, 0.6) is 0 Å². The predicted octanol–water partition coefficient (Wildman–Crippen LogP) is 2.25. The lowest BCUT2D eigenvalue weighted by Gasteiger charge is -2.15. The Balaban J connectivity index is 1.94. The number of aliphatic carboxylic acids is 1. The molecule has 1 atom stereocenters. The molecule has 0 aliphatic carbocycles. The molecule has 1 heterocycles. The minimum atomic E-state index is -0.686. The summed E-state index contributed by atoms with van der Waals surface area (Å²) in [7, 11) is 0. The maximum Gasteiger partial charge on any atom is 0.307 e. The van der Waals surface area contributed by atoms with Crippen LogP contribution >= 0.6 is 11.6 Å². The van der Waals surface area contributed by atoms with Gasteiger partial charge >= 0.3 is 5.97 Å². The summed E-state index contributed by atoms with van der Waals surface area (Å²) in [6.07, 6.45) is 0.746. The molecule has 2 rings (SSSR count). The minimum Gasteiger partial charge on any atom is -0.481 e. The topological polar surface area (TPSA) is 40.5 Å². The number of carboxylic acids is 1. The summed E-state index contributed by atoms with van der Waals surface area (Å²) in [5, 5.41) is 9.62. The third kappa shape index (κ3) is 2.74. The van der Waals surface area contributed by atoms with E-state index in [1.54, 1.807) is 0 Å². The molecule has 1 fully saturated rings. The number of hydrogen-bond donors (Lipinski definition) is 1. The van der Waals surface area contributed by atoms with Crippen LogP contribution in [0.2, 0.25) is 5.02 Å². The third-order valence-corrected chi connectivity index (χ3v) is 3.15. The SMILES string of the molecule is O=C(O)[C@@H]1CCN(Cc2cccc(Cl)c2)C1. The molecule has 0 aromatic heterocycles. The van der Waals surface area contributed by atoms with Gasteiger partial charge in [0.1, 0.15) is 0 Å². The van der Waals surface area contributed by atoms with Crippen LogP contribution in [-0.4, -0.2) is 29.1 Å². The summed E-state index contributed by atoms with van der Waals surface area (Å²) in [6, 6.07) is 7.70. The van der Waals surface area contributed by atoms with Crippen LogP contribution in [0.3, 0.4) is 0 Å². The molecule has 1 saturated heterocycles. The monoisotopic (exact) mass is 239 g/mol. The summed E-state index contributed by atoms with van der Waals surface area (Å²) in [5.74, 6) is -0.896. The molecule has 3 nitrogen and oxygen atoms in total. The number of carboxylic acid groups (broad SMARTS) is 1. The molecule has 1 N–H and O–H groups in total. The quantitative estimate of drug-likeness (QED) is 0.880. The van der Waals surface area contributed by atoms with Crippen molar-refractivity contribution >= 4 is 17.6 Å². The van der Waals surface area contributed by atoms with E-state index >= 15 is 0 Å². The van der Waals surface area contributed by atoms with E-state index in [0.717, 1.165) is 30.1 Å². The van der Waals surface area contributed by atoms with Crippen molar-refractivity contribution in [2.24, 2.45) is 5.92 Å². The van der Waals surface area contributed by atoms with Gasteiger partial charge in [-0.25, -0.2) is 0 Å². The van der Waals surface area contributed by atoms with Crippen molar-refractivity contribution in [2.45, 2.75) is 13.0 Å². The fourth-order valence-electron chi connectivity index (χ4n) is 2.07. The van der Waals surface area contributed by atoms with Crippen LogP contribution in [0.4, 0.5) is 0 Å². The van der Waals surface area contributed by atoms with Gasteiger partial charge in [-0.2, -0.15) is 0 Å². The van der Waals surface area contributed by atoms with Crippen LogP contribution in [-0.2, 0) is 11.3 Å². The van der Waals surface area contributed by atoms with Gasteiger partial charge in [-0.15, -0.1) is 0 Å². The van der Waals surface area contributed by atoms with Gasteiger partial charge in [0.2, 0.25) is 0 Å². The van der Waals surface area contributed by atoms with E-state index in [0.29, 0.717) is 6.54 Å². The summed E-state index contributed by atoms with van der Waals surface area (Å²) in [6.45, 7) is 2.27. The van der Waals surface area contributed by atoms with E-state index in [1.807, 2.05) is 24.3 Å². The fourth-order valence-corrected chi connectivity index (χ4v) is 2.28. The van der Waals surface area contributed by atoms with Gasteiger partial charge in [0.05, 0.1) is 5.92 Å². The zero-order chi connectivity index (χ0) is 11.5. The maximum absolute atomic E-state index is 10.8. The summed E-state index contributed by atoms with van der Waals surface area (Å²) < 4.78 is 0. The largest absolute Gasteiger partial charge is 0.481 e. The highest BCUT2D eigenvalue weighted by Gasteiger charge is 2.27. The van der Waals surface area contributed by atoms with E-state index in [4.69, 9.17) is 16.7 Å². The summed E-state index contributed by atoms with van der Waals surface area (Å²) in [5.41, 5.74) is 1.14. The Kier molecular flexibility index (Phi) is 3.46. The first kappa shape index (κ1) is 11.4. The molecule has 4 heteroatoms. The lowest BCUT2D eigenvalue weighted by Crippen LogP contribution is -2.22. The molecular weight excluding hydrogens is 226 g/mol. The highest BCUT2D eigenvalue weighted by Crippen LogP contribution is 2.20.